The van der Waals surface area contributed by atoms with Gasteiger partial charge in [-0.2, -0.15) is 0 Å². The van der Waals surface area contributed by atoms with Gasteiger partial charge >= 0.3 is 11.8 Å². The van der Waals surface area contributed by atoms with Crippen LogP contribution in [0.1, 0.15) is 46.5 Å². The molecule has 1 aromatic carbocycles. The van der Waals surface area contributed by atoms with Crippen molar-refractivity contribution in [2.75, 3.05) is 5.32 Å². The molecule has 8 nitrogen and oxygen atoms in total. The van der Waals surface area contributed by atoms with Crippen molar-refractivity contribution < 1.29 is 14.3 Å². The predicted octanol–water partition coefficient (Wildman–Crippen LogP) is 4.29. The molecular formula is C19H25BrN4O4. The Morgan fingerprint density at radius 1 is 1.32 bits per heavy atom. The van der Waals surface area contributed by atoms with Gasteiger partial charge in [0.1, 0.15) is 0 Å². The molecule has 0 saturated heterocycles. The molecule has 2 aromatic rings. The van der Waals surface area contributed by atoms with Gasteiger partial charge in [0.25, 0.3) is 0 Å². The third-order valence-electron chi connectivity index (χ3n) is 5.00. The molecule has 3 N–H and O–H groups in total. The van der Waals surface area contributed by atoms with E-state index < -0.39 is 17.4 Å². The van der Waals surface area contributed by atoms with Gasteiger partial charge in [0.15, 0.2) is 0 Å². The largest absolute Gasteiger partial charge is 0.465 e. The monoisotopic (exact) mass is 452 g/mol. The van der Waals surface area contributed by atoms with Gasteiger partial charge in [-0.05, 0) is 80.6 Å². The van der Waals surface area contributed by atoms with Gasteiger partial charge in [0.2, 0.25) is 5.89 Å². The minimum Gasteiger partial charge on any atom is -0.465 e. The maximum atomic E-state index is 11.7. The summed E-state index contributed by atoms with van der Waals surface area (Å²) in [6.07, 6.45) is 2.51. The molecule has 9 heteroatoms. The van der Waals surface area contributed by atoms with Crippen molar-refractivity contribution in [2.24, 2.45) is 0 Å². The fourth-order valence-corrected chi connectivity index (χ4v) is 4.17. The van der Waals surface area contributed by atoms with Crippen LogP contribution in [0.5, 0.6) is 0 Å². The lowest BCUT2D eigenvalue weighted by Gasteiger charge is -2.43. The Balaban J connectivity index is 1.68. The molecule has 152 valence electrons. The molecule has 1 heterocycles. The van der Waals surface area contributed by atoms with E-state index in [1.165, 1.54) is 0 Å². The molecule has 1 aliphatic carbocycles. The first-order valence-corrected chi connectivity index (χ1v) is 10.1. The van der Waals surface area contributed by atoms with E-state index in [1.807, 2.05) is 39.0 Å². The van der Waals surface area contributed by atoms with Crippen LogP contribution >= 0.6 is 15.9 Å². The lowest BCUT2D eigenvalue weighted by molar-refractivity contribution is 0.0557. The molecule has 0 spiro atoms. The number of carbonyl (C=O) groups is 1. The third-order valence-corrected chi connectivity index (χ3v) is 5.69. The van der Waals surface area contributed by atoms with Crippen LogP contribution in [0.3, 0.4) is 0 Å². The third kappa shape index (κ3) is 4.57. The topological polar surface area (TPSA) is 111 Å². The highest BCUT2D eigenvalue weighted by Crippen LogP contribution is 2.33. The maximum absolute atomic E-state index is 11.7. The van der Waals surface area contributed by atoms with Crippen molar-refractivity contribution in [2.45, 2.75) is 64.1 Å². The molecule has 28 heavy (non-hydrogen) atoms. The summed E-state index contributed by atoms with van der Waals surface area (Å²) in [5.41, 5.74) is 1.17. The van der Waals surface area contributed by atoms with Gasteiger partial charge in [0.05, 0.1) is 0 Å². The first kappa shape index (κ1) is 20.4. The van der Waals surface area contributed by atoms with E-state index in [4.69, 9.17) is 4.42 Å². The van der Waals surface area contributed by atoms with Gasteiger partial charge in [0, 0.05) is 33.3 Å². The zero-order valence-electron chi connectivity index (χ0n) is 16.2. The second-order valence-electron chi connectivity index (χ2n) is 8.09. The Morgan fingerprint density at radius 2 is 2.00 bits per heavy atom. The second kappa shape index (κ2) is 7.98. The summed E-state index contributed by atoms with van der Waals surface area (Å²) in [4.78, 5) is 24.5. The van der Waals surface area contributed by atoms with E-state index in [2.05, 4.69) is 31.4 Å². The quantitative estimate of drug-likeness (QED) is 0.637. The standard InChI is InChI=1S/C19H25BrN4O4/c1-19(2,3)24(18(26)27)13-7-5-12(6-8-13)21-15-10-11(4-9-14(15)20)16-22-23-17(25)28-16/h4,9-10,12-13,21H,5-8H2,1-3H3,(H,23,25)(H,26,27). The number of hydrogen-bond acceptors (Lipinski definition) is 5. The summed E-state index contributed by atoms with van der Waals surface area (Å²) in [6, 6.07) is 5.85. The van der Waals surface area contributed by atoms with Crippen molar-refractivity contribution >= 4 is 27.7 Å². The summed E-state index contributed by atoms with van der Waals surface area (Å²) in [6.45, 7) is 5.80. The van der Waals surface area contributed by atoms with Crippen LogP contribution in [0.25, 0.3) is 11.5 Å². The number of halogens is 1. The Labute approximate surface area is 171 Å². The minimum atomic E-state index is -0.861. The average Bonchev–Trinajstić information content (AvgIpc) is 3.03. The van der Waals surface area contributed by atoms with Crippen LogP contribution in [-0.4, -0.2) is 43.9 Å². The van der Waals surface area contributed by atoms with Crippen LogP contribution in [0.2, 0.25) is 0 Å². The lowest BCUT2D eigenvalue weighted by Crippen LogP contribution is -2.52. The molecule has 1 fully saturated rings. The summed E-state index contributed by atoms with van der Waals surface area (Å²) < 4.78 is 5.92. The average molecular weight is 453 g/mol. The normalized spacial score (nSPS) is 20.0. The lowest BCUT2D eigenvalue weighted by atomic mass is 9.88. The fraction of sp³-hybridized carbons (Fsp3) is 0.526. The number of anilines is 1. The van der Waals surface area contributed by atoms with Crippen molar-refractivity contribution in [3.63, 3.8) is 0 Å². The number of nitrogens with zero attached hydrogens (tertiary/aromatic N) is 2. The van der Waals surface area contributed by atoms with Crippen molar-refractivity contribution in [3.05, 3.63) is 33.2 Å². The number of H-pyrrole nitrogens is 1. The molecule has 0 aliphatic heterocycles. The van der Waals surface area contributed by atoms with Gasteiger partial charge in [-0.25, -0.2) is 14.7 Å². The highest BCUT2D eigenvalue weighted by Gasteiger charge is 2.35. The number of amides is 1. The molecule has 1 aromatic heterocycles. The van der Waals surface area contributed by atoms with Crippen LogP contribution in [0.4, 0.5) is 10.5 Å². The minimum absolute atomic E-state index is 0.0312. The first-order chi connectivity index (χ1) is 13.1. The van der Waals surface area contributed by atoms with Gasteiger partial charge in [-0.15, -0.1) is 5.10 Å². The van der Waals surface area contributed by atoms with Gasteiger partial charge in [-0.3, -0.25) is 0 Å². The number of hydrogen-bond donors (Lipinski definition) is 3. The molecule has 0 atom stereocenters. The van der Waals surface area contributed by atoms with Crippen molar-refractivity contribution in [1.82, 2.24) is 15.1 Å². The summed E-state index contributed by atoms with van der Waals surface area (Å²) in [7, 11) is 0. The number of aromatic amines is 1. The van der Waals surface area contributed by atoms with Crippen LogP contribution in [0.15, 0.2) is 31.9 Å². The van der Waals surface area contributed by atoms with E-state index in [0.717, 1.165) is 35.8 Å². The van der Waals surface area contributed by atoms with E-state index in [9.17, 15) is 14.7 Å². The second-order valence-corrected chi connectivity index (χ2v) is 8.94. The van der Waals surface area contributed by atoms with E-state index >= 15 is 0 Å². The summed E-state index contributed by atoms with van der Waals surface area (Å²) >= 11 is 3.55. The van der Waals surface area contributed by atoms with E-state index in [1.54, 1.807) is 4.90 Å². The Bertz CT molecular complexity index is 894. The number of benzene rings is 1. The van der Waals surface area contributed by atoms with Gasteiger partial charge < -0.3 is 19.7 Å². The molecule has 0 bridgehead atoms. The number of rotatable bonds is 4. The predicted molar refractivity (Wildman–Crippen MR) is 110 cm³/mol. The molecule has 1 saturated carbocycles. The van der Waals surface area contributed by atoms with Crippen LogP contribution in [0, 0.1) is 0 Å². The zero-order chi connectivity index (χ0) is 20.5. The maximum Gasteiger partial charge on any atom is 0.434 e. The Kier molecular flexibility index (Phi) is 5.83. The molecule has 0 radical (unpaired) electrons. The van der Waals surface area contributed by atoms with Crippen molar-refractivity contribution in [1.29, 1.82) is 0 Å². The summed E-state index contributed by atoms with van der Waals surface area (Å²) in [5, 5.41) is 19.3. The smallest absolute Gasteiger partial charge is 0.434 e. The van der Waals surface area contributed by atoms with Crippen LogP contribution in [-0.2, 0) is 0 Å². The van der Waals surface area contributed by atoms with Crippen LogP contribution < -0.4 is 11.1 Å². The molecule has 1 aliphatic rings. The Morgan fingerprint density at radius 3 is 2.54 bits per heavy atom. The highest BCUT2D eigenvalue weighted by atomic mass is 79.9. The van der Waals surface area contributed by atoms with Crippen molar-refractivity contribution in [3.8, 4) is 11.5 Å². The van der Waals surface area contributed by atoms with Gasteiger partial charge in [-0.1, -0.05) is 0 Å². The molecule has 1 amide bonds. The Hall–Kier alpha value is -2.29. The highest BCUT2D eigenvalue weighted by molar-refractivity contribution is 9.10. The SMILES string of the molecule is CC(C)(C)N(C(=O)O)C1CCC(Nc2cc(-c3n[nH]c(=O)o3)ccc2Br)CC1. The molecule has 0 unspecified atom stereocenters. The van der Waals surface area contributed by atoms with E-state index in [0.29, 0.717) is 5.56 Å². The molecule has 3 rings (SSSR count). The number of nitrogens with one attached hydrogen (secondary N) is 2. The van der Waals surface area contributed by atoms with E-state index in [-0.39, 0.29) is 18.0 Å². The first-order valence-electron chi connectivity index (χ1n) is 9.29. The fourth-order valence-electron chi connectivity index (χ4n) is 3.81. The number of carboxylic acid groups (broad SMARTS) is 1. The number of aromatic nitrogens is 2. The molecular weight excluding hydrogens is 428 g/mol. The zero-order valence-corrected chi connectivity index (χ0v) is 17.7. The summed E-state index contributed by atoms with van der Waals surface area (Å²) in [5.74, 6) is -0.348.